The lowest BCUT2D eigenvalue weighted by Crippen LogP contribution is -2.57. The minimum atomic E-state index is -0.892. The summed E-state index contributed by atoms with van der Waals surface area (Å²) in [6.45, 7) is 8.50. The van der Waals surface area contributed by atoms with Crippen LogP contribution in [0.25, 0.3) is 11.0 Å². The molecule has 3 heterocycles. The van der Waals surface area contributed by atoms with E-state index in [1.807, 2.05) is 12.3 Å². The summed E-state index contributed by atoms with van der Waals surface area (Å²) >= 11 is 0. The van der Waals surface area contributed by atoms with E-state index in [-0.39, 0.29) is 4.75 Å². The van der Waals surface area contributed by atoms with Crippen molar-refractivity contribution in [3.63, 3.8) is 0 Å². The maximum absolute atomic E-state index is 12.9. The number of fused-ring (bicyclic) bond motifs is 1. The average Bonchev–Trinajstić information content (AvgIpc) is 2.97. The molecule has 1 aliphatic carbocycles. The molecule has 7 heteroatoms. The molecule has 25 heavy (non-hydrogen) atoms. The SMILES string of the molecule is CC1CN(S(=O)C(C)(C)C2CC(N(C)c3ncnc4[nH]ccc34)C2)C1. The minimum Gasteiger partial charge on any atom is -0.356 e. The molecule has 2 aliphatic rings. The van der Waals surface area contributed by atoms with Gasteiger partial charge in [0.1, 0.15) is 28.8 Å². The number of hydrogen-bond donors (Lipinski definition) is 1. The Hall–Kier alpha value is -1.47. The molecule has 1 aliphatic heterocycles. The van der Waals surface area contributed by atoms with Gasteiger partial charge >= 0.3 is 0 Å². The van der Waals surface area contributed by atoms with Crippen molar-refractivity contribution in [1.29, 1.82) is 0 Å². The van der Waals surface area contributed by atoms with Crippen molar-refractivity contribution in [1.82, 2.24) is 19.3 Å². The quantitative estimate of drug-likeness (QED) is 0.889. The van der Waals surface area contributed by atoms with Crippen molar-refractivity contribution in [2.75, 3.05) is 25.0 Å². The van der Waals surface area contributed by atoms with Gasteiger partial charge < -0.3 is 9.88 Å². The average molecular weight is 362 g/mol. The molecule has 0 bridgehead atoms. The largest absolute Gasteiger partial charge is 0.356 e. The molecule has 6 nitrogen and oxygen atoms in total. The van der Waals surface area contributed by atoms with Crippen molar-refractivity contribution < 1.29 is 4.21 Å². The summed E-state index contributed by atoms with van der Waals surface area (Å²) in [6.07, 6.45) is 5.65. The smallest absolute Gasteiger partial charge is 0.142 e. The lowest BCUT2D eigenvalue weighted by atomic mass is 9.72. The zero-order valence-electron chi connectivity index (χ0n) is 15.4. The summed E-state index contributed by atoms with van der Waals surface area (Å²) in [5.74, 6) is 2.15. The third-order valence-corrected chi connectivity index (χ3v) is 8.03. The molecule has 1 unspecified atom stereocenters. The summed E-state index contributed by atoms with van der Waals surface area (Å²) in [6, 6.07) is 2.48. The third-order valence-electron chi connectivity index (χ3n) is 6.03. The van der Waals surface area contributed by atoms with Crippen molar-refractivity contribution >= 4 is 27.8 Å². The van der Waals surface area contributed by atoms with Crippen LogP contribution in [0.5, 0.6) is 0 Å². The summed E-state index contributed by atoms with van der Waals surface area (Å²) < 4.78 is 14.9. The van der Waals surface area contributed by atoms with Crippen molar-refractivity contribution in [2.24, 2.45) is 11.8 Å². The number of nitrogens with zero attached hydrogens (tertiary/aromatic N) is 4. The van der Waals surface area contributed by atoms with Gasteiger partial charge in [-0.25, -0.2) is 18.5 Å². The van der Waals surface area contributed by atoms with Crippen LogP contribution >= 0.6 is 0 Å². The maximum Gasteiger partial charge on any atom is 0.142 e. The number of aromatic nitrogens is 3. The van der Waals surface area contributed by atoms with E-state index in [1.54, 1.807) is 6.33 Å². The van der Waals surface area contributed by atoms with Crippen LogP contribution in [-0.2, 0) is 11.0 Å². The third kappa shape index (κ3) is 2.77. The Labute approximate surface area is 151 Å². The van der Waals surface area contributed by atoms with Gasteiger partial charge in [-0.15, -0.1) is 0 Å². The molecule has 2 aromatic rings. The lowest BCUT2D eigenvalue weighted by molar-refractivity contribution is 0.186. The number of anilines is 1. The Morgan fingerprint density at radius 2 is 2.04 bits per heavy atom. The van der Waals surface area contributed by atoms with Gasteiger partial charge in [0.2, 0.25) is 0 Å². The zero-order chi connectivity index (χ0) is 17.8. The monoisotopic (exact) mass is 361 g/mol. The van der Waals surface area contributed by atoms with Gasteiger partial charge in [-0.2, -0.15) is 0 Å². The number of hydrogen-bond acceptors (Lipinski definition) is 4. The van der Waals surface area contributed by atoms with Gasteiger partial charge in [0, 0.05) is 32.4 Å². The number of nitrogens with one attached hydrogen (secondary N) is 1. The van der Waals surface area contributed by atoms with Gasteiger partial charge in [-0.1, -0.05) is 6.92 Å². The van der Waals surface area contributed by atoms with E-state index in [0.29, 0.717) is 17.9 Å². The van der Waals surface area contributed by atoms with E-state index >= 15 is 0 Å². The van der Waals surface area contributed by atoms with E-state index in [2.05, 4.69) is 52.0 Å². The van der Waals surface area contributed by atoms with Gasteiger partial charge in [0.15, 0.2) is 0 Å². The van der Waals surface area contributed by atoms with Crippen molar-refractivity contribution in [2.45, 2.75) is 44.4 Å². The Kier molecular flexibility index (Phi) is 4.11. The number of H-pyrrole nitrogens is 1. The first kappa shape index (κ1) is 17.0. The van der Waals surface area contributed by atoms with Crippen LogP contribution < -0.4 is 4.90 Å². The van der Waals surface area contributed by atoms with Gasteiger partial charge in [-0.3, -0.25) is 0 Å². The lowest BCUT2D eigenvalue weighted by Gasteiger charge is -2.50. The van der Waals surface area contributed by atoms with Crippen LogP contribution in [0.3, 0.4) is 0 Å². The molecule has 0 spiro atoms. The van der Waals surface area contributed by atoms with Crippen LogP contribution in [-0.4, -0.2) is 54.4 Å². The van der Waals surface area contributed by atoms with Gasteiger partial charge in [0.25, 0.3) is 0 Å². The van der Waals surface area contributed by atoms with Crippen LogP contribution in [0.2, 0.25) is 0 Å². The summed E-state index contributed by atoms with van der Waals surface area (Å²) in [7, 11) is 1.22. The molecule has 4 rings (SSSR count). The van der Waals surface area contributed by atoms with Gasteiger partial charge in [-0.05, 0) is 44.6 Å². The van der Waals surface area contributed by atoms with Crippen molar-refractivity contribution in [3.05, 3.63) is 18.6 Å². The standard InChI is InChI=1S/C18H27N5OS/c1-12-9-23(10-12)25(24)18(2,3)13-7-14(8-13)22(4)17-15-5-6-19-16(15)20-11-21-17/h5-6,11-14H,7-10H2,1-4H3,(H,19,20,21). The van der Waals surface area contributed by atoms with Crippen molar-refractivity contribution in [3.8, 4) is 0 Å². The fraction of sp³-hybridized carbons (Fsp3) is 0.667. The van der Waals surface area contributed by atoms with Crippen LogP contribution in [0, 0.1) is 11.8 Å². The van der Waals surface area contributed by atoms with Crippen LogP contribution in [0.1, 0.15) is 33.6 Å². The molecule has 136 valence electrons. The minimum absolute atomic E-state index is 0.160. The van der Waals surface area contributed by atoms with Crippen LogP contribution in [0.4, 0.5) is 5.82 Å². The first-order chi connectivity index (χ1) is 11.9. The second-order valence-electron chi connectivity index (χ2n) is 8.18. The second kappa shape index (κ2) is 6.06. The fourth-order valence-electron chi connectivity index (χ4n) is 4.04. The number of aromatic amines is 1. The highest BCUT2D eigenvalue weighted by atomic mass is 32.2. The summed E-state index contributed by atoms with van der Waals surface area (Å²) in [4.78, 5) is 14.2. The number of rotatable bonds is 5. The van der Waals surface area contributed by atoms with E-state index in [9.17, 15) is 4.21 Å². The normalized spacial score (nSPS) is 26.2. The highest BCUT2D eigenvalue weighted by Crippen LogP contribution is 2.44. The molecule has 1 N–H and O–H groups in total. The van der Waals surface area contributed by atoms with E-state index < -0.39 is 11.0 Å². The predicted octanol–water partition coefficient (Wildman–Crippen LogP) is 2.57. The molecule has 0 aromatic carbocycles. The second-order valence-corrected chi connectivity index (χ2v) is 10.2. The molecule has 0 amide bonds. The Bertz CT molecular complexity index is 792. The molecular formula is C18H27N5OS. The van der Waals surface area contributed by atoms with Gasteiger partial charge in [0.05, 0.1) is 10.1 Å². The highest BCUT2D eigenvalue weighted by molar-refractivity contribution is 7.84. The zero-order valence-corrected chi connectivity index (χ0v) is 16.2. The van der Waals surface area contributed by atoms with E-state index in [4.69, 9.17) is 0 Å². The summed E-state index contributed by atoms with van der Waals surface area (Å²) in [5.41, 5.74) is 0.876. The molecule has 2 fully saturated rings. The topological polar surface area (TPSA) is 65.1 Å². The summed E-state index contributed by atoms with van der Waals surface area (Å²) in [5, 5.41) is 1.06. The Balaban J connectivity index is 1.43. The predicted molar refractivity (Wildman–Crippen MR) is 102 cm³/mol. The molecule has 2 aromatic heterocycles. The van der Waals surface area contributed by atoms with E-state index in [0.717, 1.165) is 42.8 Å². The first-order valence-corrected chi connectivity index (χ1v) is 10.2. The fourth-order valence-corrected chi connectivity index (χ4v) is 5.96. The molecule has 1 saturated heterocycles. The molecular weight excluding hydrogens is 334 g/mol. The Morgan fingerprint density at radius 1 is 1.32 bits per heavy atom. The van der Waals surface area contributed by atoms with E-state index in [1.165, 1.54) is 0 Å². The first-order valence-electron chi connectivity index (χ1n) is 9.05. The molecule has 0 radical (unpaired) electrons. The maximum atomic E-state index is 12.9. The Morgan fingerprint density at radius 3 is 2.72 bits per heavy atom. The molecule has 1 atom stereocenters. The van der Waals surface area contributed by atoms with Crippen LogP contribution in [0.15, 0.2) is 18.6 Å². The highest BCUT2D eigenvalue weighted by Gasteiger charge is 2.48. The molecule has 1 saturated carbocycles.